The van der Waals surface area contributed by atoms with Crippen LogP contribution in [-0.4, -0.2) is 11.1 Å². The van der Waals surface area contributed by atoms with E-state index in [-0.39, 0.29) is 10.6 Å². The summed E-state index contributed by atoms with van der Waals surface area (Å²) in [6, 6.07) is 8.50. The Hall–Kier alpha value is -1.52. The summed E-state index contributed by atoms with van der Waals surface area (Å²) >= 11 is 7.35. The van der Waals surface area contributed by atoms with Crippen molar-refractivity contribution in [3.05, 3.63) is 51.2 Å². The lowest BCUT2D eigenvalue weighted by molar-refractivity contribution is 0.0696. The van der Waals surface area contributed by atoms with E-state index >= 15 is 0 Å². The first-order valence-electron chi connectivity index (χ1n) is 4.85. The van der Waals surface area contributed by atoms with E-state index in [0.29, 0.717) is 12.4 Å². The molecule has 1 aromatic heterocycles. The van der Waals surface area contributed by atoms with Crippen molar-refractivity contribution in [3.8, 4) is 5.75 Å². The van der Waals surface area contributed by atoms with Crippen LogP contribution in [0.3, 0.4) is 0 Å². The van der Waals surface area contributed by atoms with Gasteiger partial charge in [0.25, 0.3) is 0 Å². The van der Waals surface area contributed by atoms with Crippen molar-refractivity contribution in [2.75, 3.05) is 0 Å². The summed E-state index contributed by atoms with van der Waals surface area (Å²) in [4.78, 5) is 11.9. The zero-order valence-electron chi connectivity index (χ0n) is 8.72. The Morgan fingerprint density at radius 2 is 2.24 bits per heavy atom. The summed E-state index contributed by atoms with van der Waals surface area (Å²) in [6.45, 7) is 0.429. The number of carbonyl (C=O) groups is 1. The molecule has 3 nitrogen and oxygen atoms in total. The van der Waals surface area contributed by atoms with Gasteiger partial charge in [0.1, 0.15) is 12.4 Å². The van der Waals surface area contributed by atoms with Crippen molar-refractivity contribution in [2.24, 2.45) is 0 Å². The quantitative estimate of drug-likeness (QED) is 0.920. The number of carboxylic acid groups (broad SMARTS) is 1. The standard InChI is InChI=1S/C12H9ClO3S/c13-11-4-3-8(6-10(11)12(14)15)16-7-9-2-1-5-17-9/h1-6H,7H2,(H,14,15). The maximum Gasteiger partial charge on any atom is 0.337 e. The predicted molar refractivity (Wildman–Crippen MR) is 67.1 cm³/mol. The summed E-state index contributed by atoms with van der Waals surface area (Å²) in [5.41, 5.74) is 0.0512. The fourth-order valence-corrected chi connectivity index (χ4v) is 2.12. The van der Waals surface area contributed by atoms with Crippen molar-refractivity contribution in [1.29, 1.82) is 0 Å². The Kier molecular flexibility index (Phi) is 3.66. The van der Waals surface area contributed by atoms with Crippen LogP contribution < -0.4 is 4.74 Å². The average molecular weight is 269 g/mol. The maximum absolute atomic E-state index is 10.9. The third kappa shape index (κ3) is 2.99. The van der Waals surface area contributed by atoms with Gasteiger partial charge in [-0.1, -0.05) is 17.7 Å². The minimum absolute atomic E-state index is 0.0512. The Morgan fingerprint density at radius 1 is 1.41 bits per heavy atom. The topological polar surface area (TPSA) is 46.5 Å². The van der Waals surface area contributed by atoms with Gasteiger partial charge in [-0.2, -0.15) is 0 Å². The van der Waals surface area contributed by atoms with Gasteiger partial charge in [0.05, 0.1) is 10.6 Å². The van der Waals surface area contributed by atoms with E-state index in [9.17, 15) is 4.79 Å². The van der Waals surface area contributed by atoms with Crippen LogP contribution in [0.1, 0.15) is 15.2 Å². The van der Waals surface area contributed by atoms with Crippen molar-refractivity contribution >= 4 is 28.9 Å². The second kappa shape index (κ2) is 5.21. The summed E-state index contributed by atoms with van der Waals surface area (Å²) in [6.07, 6.45) is 0. The van der Waals surface area contributed by atoms with Gasteiger partial charge < -0.3 is 9.84 Å². The molecule has 0 aliphatic heterocycles. The molecule has 5 heteroatoms. The molecule has 0 aliphatic rings. The number of rotatable bonds is 4. The molecule has 1 aromatic carbocycles. The predicted octanol–water partition coefficient (Wildman–Crippen LogP) is 3.68. The van der Waals surface area contributed by atoms with Crippen LogP contribution in [0, 0.1) is 0 Å². The summed E-state index contributed by atoms with van der Waals surface area (Å²) in [5.74, 6) is -0.559. The number of aromatic carboxylic acids is 1. The molecule has 17 heavy (non-hydrogen) atoms. The zero-order valence-corrected chi connectivity index (χ0v) is 10.3. The van der Waals surface area contributed by atoms with Crippen LogP contribution in [0.15, 0.2) is 35.7 Å². The molecule has 0 atom stereocenters. The van der Waals surface area contributed by atoms with Gasteiger partial charge in [-0.05, 0) is 29.6 Å². The average Bonchev–Trinajstić information content (AvgIpc) is 2.80. The number of hydrogen-bond acceptors (Lipinski definition) is 3. The fourth-order valence-electron chi connectivity index (χ4n) is 1.31. The Bertz CT molecular complexity index is 523. The van der Waals surface area contributed by atoms with Gasteiger partial charge in [-0.25, -0.2) is 4.79 Å². The van der Waals surface area contributed by atoms with Gasteiger partial charge in [-0.15, -0.1) is 11.3 Å². The molecular formula is C12H9ClO3S. The van der Waals surface area contributed by atoms with Gasteiger partial charge in [0.2, 0.25) is 0 Å². The van der Waals surface area contributed by atoms with Crippen molar-refractivity contribution in [2.45, 2.75) is 6.61 Å². The molecule has 0 fully saturated rings. The number of benzene rings is 1. The minimum atomic E-state index is -1.06. The summed E-state index contributed by atoms with van der Waals surface area (Å²) in [5, 5.41) is 11.1. The van der Waals surface area contributed by atoms with Crippen LogP contribution >= 0.6 is 22.9 Å². The highest BCUT2D eigenvalue weighted by atomic mass is 35.5. The molecule has 0 bridgehead atoms. The van der Waals surface area contributed by atoms with E-state index in [1.165, 1.54) is 12.1 Å². The van der Waals surface area contributed by atoms with Crippen molar-refractivity contribution in [1.82, 2.24) is 0 Å². The first-order chi connectivity index (χ1) is 8.16. The molecule has 2 aromatic rings. The first-order valence-corrected chi connectivity index (χ1v) is 6.10. The van der Waals surface area contributed by atoms with Crippen molar-refractivity contribution < 1.29 is 14.6 Å². The van der Waals surface area contributed by atoms with E-state index in [0.717, 1.165) is 4.88 Å². The number of halogens is 1. The number of hydrogen-bond donors (Lipinski definition) is 1. The van der Waals surface area contributed by atoms with Gasteiger partial charge in [-0.3, -0.25) is 0 Å². The smallest absolute Gasteiger partial charge is 0.337 e. The fraction of sp³-hybridized carbons (Fsp3) is 0.0833. The monoisotopic (exact) mass is 268 g/mol. The van der Waals surface area contributed by atoms with Crippen LogP contribution in [0.2, 0.25) is 5.02 Å². The lowest BCUT2D eigenvalue weighted by atomic mass is 10.2. The normalized spacial score (nSPS) is 10.2. The molecule has 2 rings (SSSR count). The van der Waals surface area contributed by atoms with Crippen LogP contribution in [0.4, 0.5) is 0 Å². The highest BCUT2D eigenvalue weighted by molar-refractivity contribution is 7.09. The SMILES string of the molecule is O=C(O)c1cc(OCc2cccs2)ccc1Cl. The van der Waals surface area contributed by atoms with E-state index in [1.807, 2.05) is 17.5 Å². The van der Waals surface area contributed by atoms with Crippen molar-refractivity contribution in [3.63, 3.8) is 0 Å². The van der Waals surface area contributed by atoms with Crippen LogP contribution in [0.25, 0.3) is 0 Å². The third-order valence-electron chi connectivity index (χ3n) is 2.13. The Morgan fingerprint density at radius 3 is 2.88 bits per heavy atom. The lowest BCUT2D eigenvalue weighted by Gasteiger charge is -2.06. The zero-order chi connectivity index (χ0) is 12.3. The van der Waals surface area contributed by atoms with E-state index < -0.39 is 5.97 Å². The largest absolute Gasteiger partial charge is 0.488 e. The van der Waals surface area contributed by atoms with Gasteiger partial charge in [0, 0.05) is 4.88 Å². The second-order valence-corrected chi connectivity index (χ2v) is 4.75. The molecule has 0 amide bonds. The highest BCUT2D eigenvalue weighted by Gasteiger charge is 2.10. The molecular weight excluding hydrogens is 260 g/mol. The van der Waals surface area contributed by atoms with Gasteiger partial charge >= 0.3 is 5.97 Å². The number of carboxylic acids is 1. The number of thiophene rings is 1. The molecule has 0 spiro atoms. The number of ether oxygens (including phenoxy) is 1. The van der Waals surface area contributed by atoms with E-state index in [4.69, 9.17) is 21.4 Å². The lowest BCUT2D eigenvalue weighted by Crippen LogP contribution is -1.99. The third-order valence-corrected chi connectivity index (χ3v) is 3.31. The van der Waals surface area contributed by atoms with E-state index in [2.05, 4.69) is 0 Å². The minimum Gasteiger partial charge on any atom is -0.488 e. The maximum atomic E-state index is 10.9. The highest BCUT2D eigenvalue weighted by Crippen LogP contribution is 2.23. The summed E-state index contributed by atoms with van der Waals surface area (Å²) in [7, 11) is 0. The molecule has 0 aliphatic carbocycles. The van der Waals surface area contributed by atoms with Crippen LogP contribution in [0.5, 0.6) is 5.75 Å². The molecule has 0 saturated heterocycles. The molecule has 1 N–H and O–H groups in total. The molecule has 0 unspecified atom stereocenters. The van der Waals surface area contributed by atoms with E-state index in [1.54, 1.807) is 17.4 Å². The second-order valence-electron chi connectivity index (χ2n) is 3.31. The molecule has 0 radical (unpaired) electrons. The van der Waals surface area contributed by atoms with Crippen LogP contribution in [-0.2, 0) is 6.61 Å². The molecule has 1 heterocycles. The van der Waals surface area contributed by atoms with Gasteiger partial charge in [0.15, 0.2) is 0 Å². The molecule has 0 saturated carbocycles. The first kappa shape index (κ1) is 12.0. The Labute approximate surface area is 107 Å². The molecule has 88 valence electrons. The summed E-state index contributed by atoms with van der Waals surface area (Å²) < 4.78 is 5.48. The Balaban J connectivity index is 2.11.